The smallest absolute Gasteiger partial charge is 0.243 e. The molecule has 1 atom stereocenters. The molecular formula is C25H34ClN3O4S. The Labute approximate surface area is 208 Å². The van der Waals surface area contributed by atoms with Crippen LogP contribution in [0.4, 0.5) is 11.4 Å². The summed E-state index contributed by atoms with van der Waals surface area (Å²) in [6.45, 7) is 4.99. The number of halogens is 1. The van der Waals surface area contributed by atoms with Gasteiger partial charge in [-0.05, 0) is 60.7 Å². The summed E-state index contributed by atoms with van der Waals surface area (Å²) in [6.07, 6.45) is 1.98. The van der Waals surface area contributed by atoms with Gasteiger partial charge in [-0.1, -0.05) is 31.5 Å². The summed E-state index contributed by atoms with van der Waals surface area (Å²) >= 11 is 6.10. The van der Waals surface area contributed by atoms with Gasteiger partial charge in [-0.2, -0.15) is 4.31 Å². The number of amides is 1. The highest BCUT2D eigenvalue weighted by Gasteiger charge is 2.30. The van der Waals surface area contributed by atoms with Crippen molar-refractivity contribution in [3.63, 3.8) is 0 Å². The molecule has 0 radical (unpaired) electrons. The van der Waals surface area contributed by atoms with Gasteiger partial charge in [0.25, 0.3) is 0 Å². The van der Waals surface area contributed by atoms with E-state index in [9.17, 15) is 13.2 Å². The molecule has 0 unspecified atom stereocenters. The topological polar surface area (TPSA) is 79.0 Å². The molecule has 1 amide bonds. The molecule has 1 saturated heterocycles. The van der Waals surface area contributed by atoms with E-state index in [4.69, 9.17) is 16.3 Å². The highest BCUT2D eigenvalue weighted by atomic mass is 35.5. The Balaban J connectivity index is 1.96. The normalized spacial score (nSPS) is 16.3. The van der Waals surface area contributed by atoms with Gasteiger partial charge in [0.1, 0.15) is 0 Å². The molecule has 2 aromatic rings. The van der Waals surface area contributed by atoms with E-state index in [1.807, 2.05) is 51.0 Å². The molecule has 9 heteroatoms. The van der Waals surface area contributed by atoms with Crippen molar-refractivity contribution in [2.75, 3.05) is 37.5 Å². The Morgan fingerprint density at radius 3 is 2.59 bits per heavy atom. The lowest BCUT2D eigenvalue weighted by Crippen LogP contribution is -2.37. The van der Waals surface area contributed by atoms with Crippen LogP contribution in [-0.4, -0.2) is 52.0 Å². The fourth-order valence-corrected chi connectivity index (χ4v) is 5.79. The number of hydrogen-bond acceptors (Lipinski definition) is 5. The Hall–Kier alpha value is -2.13. The number of hydrogen-bond donors (Lipinski definition) is 1. The van der Waals surface area contributed by atoms with Crippen LogP contribution in [0.3, 0.4) is 0 Å². The number of benzene rings is 2. The summed E-state index contributed by atoms with van der Waals surface area (Å²) in [7, 11) is -0.0235. The molecule has 3 rings (SSSR count). The van der Waals surface area contributed by atoms with Crippen molar-refractivity contribution in [3.8, 4) is 0 Å². The van der Waals surface area contributed by atoms with Crippen molar-refractivity contribution < 1.29 is 17.9 Å². The molecule has 7 nitrogen and oxygen atoms in total. The van der Waals surface area contributed by atoms with Crippen molar-refractivity contribution in [1.82, 2.24) is 4.31 Å². The molecule has 34 heavy (non-hydrogen) atoms. The second-order valence-corrected chi connectivity index (χ2v) is 11.6. The van der Waals surface area contributed by atoms with Crippen LogP contribution in [0, 0.1) is 5.92 Å². The molecule has 2 aromatic carbocycles. The molecule has 1 N–H and O–H groups in total. The highest BCUT2D eigenvalue weighted by Crippen LogP contribution is 2.29. The molecule has 0 aliphatic carbocycles. The lowest BCUT2D eigenvalue weighted by Gasteiger charge is -2.27. The van der Waals surface area contributed by atoms with E-state index in [1.54, 1.807) is 18.2 Å². The molecule has 1 fully saturated rings. The largest absolute Gasteiger partial charge is 0.377 e. The van der Waals surface area contributed by atoms with E-state index in [1.165, 1.54) is 10.4 Å². The maximum Gasteiger partial charge on any atom is 0.243 e. The van der Waals surface area contributed by atoms with Crippen LogP contribution in [0.25, 0.3) is 0 Å². The maximum absolute atomic E-state index is 13.7. The third-order valence-electron chi connectivity index (χ3n) is 5.65. The molecule has 0 aromatic heterocycles. The first-order valence-electron chi connectivity index (χ1n) is 11.5. The minimum Gasteiger partial charge on any atom is -0.377 e. The number of nitrogens with zero attached hydrogens (tertiary/aromatic N) is 2. The standard InChI is InChI=1S/C25H34ClN3O4S/c1-18(2)13-25(30)27-21-10-11-24(28(3)4)19(14-21)16-29(17-22-8-6-12-33-22)34(31,32)23-9-5-7-20(26)15-23/h5,7,9-11,14-15,18,22H,6,8,12-13,16-17H2,1-4H3,(H,27,30)/t22-/m1/s1. The fourth-order valence-electron chi connectivity index (χ4n) is 4.04. The van der Waals surface area contributed by atoms with Crippen LogP contribution < -0.4 is 10.2 Å². The van der Waals surface area contributed by atoms with Gasteiger partial charge >= 0.3 is 0 Å². The summed E-state index contributed by atoms with van der Waals surface area (Å²) in [6, 6.07) is 11.9. The minimum atomic E-state index is -3.84. The predicted molar refractivity (Wildman–Crippen MR) is 137 cm³/mol. The Bertz CT molecular complexity index is 1100. The van der Waals surface area contributed by atoms with Crippen molar-refractivity contribution in [2.45, 2.75) is 50.7 Å². The van der Waals surface area contributed by atoms with Crippen molar-refractivity contribution >= 4 is 38.9 Å². The molecule has 0 bridgehead atoms. The number of carbonyl (C=O) groups is 1. The molecule has 1 aliphatic rings. The lowest BCUT2D eigenvalue weighted by molar-refractivity contribution is -0.116. The van der Waals surface area contributed by atoms with E-state index in [-0.39, 0.29) is 35.9 Å². The van der Waals surface area contributed by atoms with Crippen LogP contribution in [0.15, 0.2) is 47.4 Å². The highest BCUT2D eigenvalue weighted by molar-refractivity contribution is 7.89. The maximum atomic E-state index is 13.7. The average molecular weight is 508 g/mol. The van der Waals surface area contributed by atoms with E-state index < -0.39 is 10.0 Å². The van der Waals surface area contributed by atoms with Crippen LogP contribution in [0.2, 0.25) is 5.02 Å². The first-order valence-corrected chi connectivity index (χ1v) is 13.4. The fraction of sp³-hybridized carbons (Fsp3) is 0.480. The predicted octanol–water partition coefficient (Wildman–Crippen LogP) is 4.76. The zero-order valence-electron chi connectivity index (χ0n) is 20.3. The van der Waals surface area contributed by atoms with E-state index in [0.29, 0.717) is 23.7 Å². The van der Waals surface area contributed by atoms with Crippen LogP contribution in [0.1, 0.15) is 38.7 Å². The number of carbonyl (C=O) groups excluding carboxylic acids is 1. The zero-order chi connectivity index (χ0) is 24.9. The molecule has 0 spiro atoms. The van der Waals surface area contributed by atoms with E-state index in [0.717, 1.165) is 24.1 Å². The van der Waals surface area contributed by atoms with Gasteiger partial charge in [-0.15, -0.1) is 0 Å². The average Bonchev–Trinajstić information content (AvgIpc) is 3.26. The van der Waals surface area contributed by atoms with E-state index >= 15 is 0 Å². The summed E-state index contributed by atoms with van der Waals surface area (Å²) < 4.78 is 34.6. The van der Waals surface area contributed by atoms with E-state index in [2.05, 4.69) is 5.32 Å². The monoisotopic (exact) mass is 507 g/mol. The minimum absolute atomic E-state index is 0.0682. The molecule has 1 aliphatic heterocycles. The lowest BCUT2D eigenvalue weighted by atomic mass is 10.1. The molecule has 1 heterocycles. The second kappa shape index (κ2) is 11.5. The summed E-state index contributed by atoms with van der Waals surface area (Å²) in [4.78, 5) is 14.4. The first kappa shape index (κ1) is 26.5. The van der Waals surface area contributed by atoms with Gasteiger partial charge < -0.3 is 15.0 Å². The Morgan fingerprint density at radius 2 is 1.97 bits per heavy atom. The number of ether oxygens (including phenoxy) is 1. The number of anilines is 2. The van der Waals surface area contributed by atoms with Crippen molar-refractivity contribution in [1.29, 1.82) is 0 Å². The van der Waals surface area contributed by atoms with Gasteiger partial charge in [-0.25, -0.2) is 8.42 Å². The third kappa shape index (κ3) is 6.95. The van der Waals surface area contributed by atoms with Crippen molar-refractivity contribution in [2.24, 2.45) is 5.92 Å². The number of nitrogens with one attached hydrogen (secondary N) is 1. The molecule has 0 saturated carbocycles. The summed E-state index contributed by atoms with van der Waals surface area (Å²) in [5, 5.41) is 3.30. The number of sulfonamides is 1. The van der Waals surface area contributed by atoms with Gasteiger partial charge in [0, 0.05) is 56.6 Å². The molecular weight excluding hydrogens is 474 g/mol. The Morgan fingerprint density at radius 1 is 1.21 bits per heavy atom. The van der Waals surface area contributed by atoms with Crippen LogP contribution in [0.5, 0.6) is 0 Å². The second-order valence-electron chi connectivity index (χ2n) is 9.27. The van der Waals surface area contributed by atoms with Crippen molar-refractivity contribution in [3.05, 3.63) is 53.1 Å². The van der Waals surface area contributed by atoms with Gasteiger partial charge in [-0.3, -0.25) is 4.79 Å². The number of rotatable bonds is 10. The zero-order valence-corrected chi connectivity index (χ0v) is 21.8. The summed E-state index contributed by atoms with van der Waals surface area (Å²) in [5.74, 6) is 0.173. The van der Waals surface area contributed by atoms with Gasteiger partial charge in [0.2, 0.25) is 15.9 Å². The summed E-state index contributed by atoms with van der Waals surface area (Å²) in [5.41, 5.74) is 2.31. The first-order chi connectivity index (χ1) is 16.1. The van der Waals surface area contributed by atoms with Gasteiger partial charge in [0.15, 0.2) is 0 Å². The SMILES string of the molecule is CC(C)CC(=O)Nc1ccc(N(C)C)c(CN(C[C@H]2CCCO2)S(=O)(=O)c2cccc(Cl)c2)c1. The Kier molecular flexibility index (Phi) is 8.98. The van der Waals surface area contributed by atoms with Crippen LogP contribution >= 0.6 is 11.6 Å². The van der Waals surface area contributed by atoms with Crippen LogP contribution in [-0.2, 0) is 26.1 Å². The third-order valence-corrected chi connectivity index (χ3v) is 7.69. The molecule has 186 valence electrons. The quantitative estimate of drug-likeness (QED) is 0.501. The van der Waals surface area contributed by atoms with Gasteiger partial charge in [0.05, 0.1) is 11.0 Å².